The Morgan fingerprint density at radius 2 is 1.96 bits per heavy atom. The summed E-state index contributed by atoms with van der Waals surface area (Å²) < 4.78 is 37.6. The number of amides is 1. The molecule has 0 atom stereocenters. The highest BCUT2D eigenvalue weighted by Crippen LogP contribution is 2.37. The van der Waals surface area contributed by atoms with Crippen molar-refractivity contribution in [2.24, 2.45) is 5.92 Å². The number of nitrogens with one attached hydrogen (secondary N) is 1. The summed E-state index contributed by atoms with van der Waals surface area (Å²) in [5.74, 6) is -1.09. The molecule has 0 aliphatic heterocycles. The zero-order chi connectivity index (χ0) is 19.3. The van der Waals surface area contributed by atoms with Crippen LogP contribution >= 0.6 is 11.6 Å². The lowest BCUT2D eigenvalue weighted by molar-refractivity contribution is 0.102. The summed E-state index contributed by atoms with van der Waals surface area (Å²) in [6.07, 6.45) is 0.839. The summed E-state index contributed by atoms with van der Waals surface area (Å²) >= 11 is 6.22. The van der Waals surface area contributed by atoms with Gasteiger partial charge in [0.15, 0.2) is 11.5 Å². The molecule has 0 heterocycles. The molecule has 7 heteroatoms. The number of anilines is 1. The first-order valence-electron chi connectivity index (χ1n) is 8.08. The number of hydrogen-bond acceptors (Lipinski definition) is 3. The van der Waals surface area contributed by atoms with Crippen LogP contribution in [-0.2, 0) is 0 Å². The van der Waals surface area contributed by atoms with E-state index in [4.69, 9.17) is 21.1 Å². The fourth-order valence-corrected chi connectivity index (χ4v) is 2.44. The van der Waals surface area contributed by atoms with Crippen molar-refractivity contribution >= 4 is 23.2 Å². The second kappa shape index (κ2) is 8.85. The zero-order valence-corrected chi connectivity index (χ0v) is 15.5. The van der Waals surface area contributed by atoms with E-state index >= 15 is 0 Å². The topological polar surface area (TPSA) is 47.6 Å². The summed E-state index contributed by atoms with van der Waals surface area (Å²) in [7, 11) is 1.43. The first-order valence-corrected chi connectivity index (χ1v) is 8.46. The SMILES string of the molecule is COc1cc(C(=O)Nc2ccc(F)cc2F)cc(Cl)c1OCCC(C)C. The molecule has 0 spiro atoms. The number of benzene rings is 2. The quantitative estimate of drug-likeness (QED) is 0.705. The van der Waals surface area contributed by atoms with Gasteiger partial charge in [-0.15, -0.1) is 0 Å². The molecule has 140 valence electrons. The molecule has 0 fully saturated rings. The average molecular weight is 384 g/mol. The standard InChI is InChI=1S/C19H20ClF2NO3/c1-11(2)6-7-26-18-14(20)8-12(9-17(18)25-3)19(24)23-16-5-4-13(21)10-15(16)22/h4-5,8-11H,6-7H2,1-3H3,(H,23,24). The second-order valence-electron chi connectivity index (χ2n) is 6.10. The van der Waals surface area contributed by atoms with E-state index in [0.717, 1.165) is 18.6 Å². The first-order chi connectivity index (χ1) is 12.3. The van der Waals surface area contributed by atoms with Gasteiger partial charge in [-0.25, -0.2) is 8.78 Å². The third-order valence-electron chi connectivity index (χ3n) is 3.61. The van der Waals surface area contributed by atoms with Gasteiger partial charge < -0.3 is 14.8 Å². The van der Waals surface area contributed by atoms with Crippen LogP contribution < -0.4 is 14.8 Å². The number of rotatable bonds is 7. The van der Waals surface area contributed by atoms with Gasteiger partial charge in [0.1, 0.15) is 11.6 Å². The first kappa shape index (κ1) is 20.0. The Labute approximate surface area is 156 Å². The van der Waals surface area contributed by atoms with Crippen molar-refractivity contribution in [2.45, 2.75) is 20.3 Å². The van der Waals surface area contributed by atoms with E-state index in [0.29, 0.717) is 30.1 Å². The van der Waals surface area contributed by atoms with Crippen LogP contribution in [0.2, 0.25) is 5.02 Å². The number of hydrogen-bond donors (Lipinski definition) is 1. The van der Waals surface area contributed by atoms with Gasteiger partial charge in [0.25, 0.3) is 5.91 Å². The molecular weight excluding hydrogens is 364 g/mol. The molecule has 0 unspecified atom stereocenters. The number of carbonyl (C=O) groups is 1. The molecule has 26 heavy (non-hydrogen) atoms. The van der Waals surface area contributed by atoms with Crippen LogP contribution in [0.15, 0.2) is 30.3 Å². The number of halogens is 3. The molecule has 1 N–H and O–H groups in total. The van der Waals surface area contributed by atoms with E-state index in [-0.39, 0.29) is 16.3 Å². The molecule has 0 radical (unpaired) electrons. The Bertz CT molecular complexity index is 797. The van der Waals surface area contributed by atoms with Crippen molar-refractivity contribution in [2.75, 3.05) is 19.0 Å². The fourth-order valence-electron chi connectivity index (χ4n) is 2.17. The number of carbonyl (C=O) groups excluding carboxylic acids is 1. The summed E-state index contributed by atoms with van der Waals surface area (Å²) in [5, 5.41) is 2.58. The third kappa shape index (κ3) is 5.08. The van der Waals surface area contributed by atoms with Crippen molar-refractivity contribution in [1.29, 1.82) is 0 Å². The third-order valence-corrected chi connectivity index (χ3v) is 3.89. The van der Waals surface area contributed by atoms with Crippen molar-refractivity contribution in [3.8, 4) is 11.5 Å². The predicted octanol–water partition coefficient (Wildman–Crippen LogP) is 5.30. The fraction of sp³-hybridized carbons (Fsp3) is 0.316. The minimum Gasteiger partial charge on any atom is -0.493 e. The Morgan fingerprint density at radius 1 is 1.23 bits per heavy atom. The van der Waals surface area contributed by atoms with Gasteiger partial charge in [0.2, 0.25) is 0 Å². The summed E-state index contributed by atoms with van der Waals surface area (Å²) in [6.45, 7) is 4.61. The van der Waals surface area contributed by atoms with Crippen molar-refractivity contribution in [1.82, 2.24) is 0 Å². The molecule has 2 rings (SSSR count). The van der Waals surface area contributed by atoms with Gasteiger partial charge in [0, 0.05) is 11.6 Å². The van der Waals surface area contributed by atoms with Crippen LogP contribution in [0, 0.1) is 17.6 Å². The Morgan fingerprint density at radius 3 is 2.58 bits per heavy atom. The Kier molecular flexibility index (Phi) is 6.80. The van der Waals surface area contributed by atoms with Crippen LogP contribution in [0.5, 0.6) is 11.5 Å². The molecular formula is C19H20ClF2NO3. The summed E-state index contributed by atoms with van der Waals surface area (Å²) in [6, 6.07) is 5.75. The monoisotopic (exact) mass is 383 g/mol. The predicted molar refractivity (Wildman–Crippen MR) is 97.3 cm³/mol. The Balaban J connectivity index is 2.21. The number of methoxy groups -OCH3 is 1. The molecule has 4 nitrogen and oxygen atoms in total. The largest absolute Gasteiger partial charge is 0.493 e. The van der Waals surface area contributed by atoms with Crippen LogP contribution in [0.25, 0.3) is 0 Å². The van der Waals surface area contributed by atoms with E-state index in [1.807, 2.05) is 0 Å². The van der Waals surface area contributed by atoms with Crippen LogP contribution in [0.1, 0.15) is 30.6 Å². The highest BCUT2D eigenvalue weighted by Gasteiger charge is 2.17. The Hall–Kier alpha value is -2.34. The van der Waals surface area contributed by atoms with E-state index in [1.54, 1.807) is 0 Å². The maximum Gasteiger partial charge on any atom is 0.255 e. The lowest BCUT2D eigenvalue weighted by Gasteiger charge is -2.15. The van der Waals surface area contributed by atoms with Gasteiger partial charge in [0.05, 0.1) is 24.4 Å². The van der Waals surface area contributed by atoms with E-state index in [1.165, 1.54) is 19.2 Å². The molecule has 0 aliphatic carbocycles. The summed E-state index contributed by atoms with van der Waals surface area (Å²) in [5.41, 5.74) is 0.0236. The van der Waals surface area contributed by atoms with E-state index in [2.05, 4.69) is 19.2 Å². The maximum atomic E-state index is 13.7. The lowest BCUT2D eigenvalue weighted by atomic mass is 10.1. The molecule has 0 aromatic heterocycles. The minimum atomic E-state index is -0.870. The van der Waals surface area contributed by atoms with Gasteiger partial charge in [-0.2, -0.15) is 0 Å². The van der Waals surface area contributed by atoms with Gasteiger partial charge in [-0.3, -0.25) is 4.79 Å². The van der Waals surface area contributed by atoms with Crippen molar-refractivity contribution in [3.63, 3.8) is 0 Å². The van der Waals surface area contributed by atoms with Crippen LogP contribution in [0.3, 0.4) is 0 Å². The number of ether oxygens (including phenoxy) is 2. The maximum absolute atomic E-state index is 13.7. The highest BCUT2D eigenvalue weighted by atomic mass is 35.5. The molecule has 0 bridgehead atoms. The lowest BCUT2D eigenvalue weighted by Crippen LogP contribution is -2.14. The van der Waals surface area contributed by atoms with Gasteiger partial charge in [-0.05, 0) is 36.6 Å². The zero-order valence-electron chi connectivity index (χ0n) is 14.7. The molecule has 0 saturated heterocycles. The van der Waals surface area contributed by atoms with E-state index in [9.17, 15) is 13.6 Å². The molecule has 0 saturated carbocycles. The second-order valence-corrected chi connectivity index (χ2v) is 6.51. The highest BCUT2D eigenvalue weighted by molar-refractivity contribution is 6.32. The molecule has 0 aliphatic rings. The van der Waals surface area contributed by atoms with Gasteiger partial charge in [-0.1, -0.05) is 25.4 Å². The van der Waals surface area contributed by atoms with E-state index < -0.39 is 17.5 Å². The smallest absolute Gasteiger partial charge is 0.255 e. The minimum absolute atomic E-state index is 0.135. The summed E-state index contributed by atoms with van der Waals surface area (Å²) in [4.78, 5) is 12.4. The van der Waals surface area contributed by atoms with Crippen molar-refractivity contribution < 1.29 is 23.0 Å². The van der Waals surface area contributed by atoms with Crippen molar-refractivity contribution in [3.05, 3.63) is 52.6 Å². The molecule has 1 amide bonds. The molecule has 2 aromatic carbocycles. The molecule has 2 aromatic rings. The van der Waals surface area contributed by atoms with Gasteiger partial charge >= 0.3 is 0 Å². The van der Waals surface area contributed by atoms with Crippen LogP contribution in [-0.4, -0.2) is 19.6 Å². The van der Waals surface area contributed by atoms with Crippen LogP contribution in [0.4, 0.5) is 14.5 Å². The average Bonchev–Trinajstić information content (AvgIpc) is 2.58. The normalized spacial score (nSPS) is 10.7.